The summed E-state index contributed by atoms with van der Waals surface area (Å²) in [6.07, 6.45) is -5.08. The van der Waals surface area contributed by atoms with Gasteiger partial charge in [0.1, 0.15) is 6.04 Å². The molecule has 3 N–H and O–H groups in total. The summed E-state index contributed by atoms with van der Waals surface area (Å²) in [5.74, 6) is 2.28. The number of carboxylic acids is 2. The topological polar surface area (TPSA) is 152 Å². The third kappa shape index (κ3) is 5.39. The minimum absolute atomic E-state index is 0.182. The minimum Gasteiger partial charge on any atom is -0.480 e. The molecule has 34 heavy (non-hydrogen) atoms. The summed E-state index contributed by atoms with van der Waals surface area (Å²) < 4.78 is 35.4. The van der Waals surface area contributed by atoms with E-state index in [9.17, 15) is 32.7 Å². The van der Waals surface area contributed by atoms with Crippen molar-refractivity contribution in [3.63, 3.8) is 0 Å². The van der Waals surface area contributed by atoms with Crippen molar-refractivity contribution in [2.45, 2.75) is 32.6 Å². The fourth-order valence-electron chi connectivity index (χ4n) is 3.19. The highest BCUT2D eigenvalue weighted by Gasteiger charge is 2.38. The van der Waals surface area contributed by atoms with E-state index < -0.39 is 35.4 Å². The van der Waals surface area contributed by atoms with Gasteiger partial charge in [0.05, 0.1) is 6.54 Å². The molecule has 3 rings (SSSR count). The molecular weight excluding hydrogens is 465 g/mol. The number of nitrogens with zero attached hydrogens (tertiary/aromatic N) is 5. The number of imidazole rings is 1. The average molecular weight is 488 g/mol. The lowest BCUT2D eigenvalue weighted by atomic mass is 10.3. The fraction of sp³-hybridized carbons (Fsp3) is 0.526. The van der Waals surface area contributed by atoms with Crippen molar-refractivity contribution in [3.05, 3.63) is 20.8 Å². The van der Waals surface area contributed by atoms with Crippen LogP contribution < -0.4 is 21.5 Å². The lowest BCUT2D eigenvalue weighted by Gasteiger charge is -2.28. The number of hydrogen-bond acceptors (Lipinski definition) is 7. The van der Waals surface area contributed by atoms with E-state index in [2.05, 4.69) is 22.1 Å². The highest BCUT2D eigenvalue weighted by atomic mass is 19.4. The third-order valence-electron chi connectivity index (χ3n) is 4.96. The second-order valence-electron chi connectivity index (χ2n) is 7.17. The van der Waals surface area contributed by atoms with Crippen LogP contribution >= 0.6 is 0 Å². The van der Waals surface area contributed by atoms with Gasteiger partial charge in [-0.2, -0.15) is 18.2 Å². The van der Waals surface area contributed by atoms with Crippen LogP contribution in [0.1, 0.15) is 19.9 Å². The van der Waals surface area contributed by atoms with Crippen molar-refractivity contribution in [1.82, 2.24) is 24.0 Å². The number of piperazine rings is 1. The molecule has 2 aromatic heterocycles. The Balaban J connectivity index is 0.000000509. The Hall–Kier alpha value is -3.80. The van der Waals surface area contributed by atoms with Crippen LogP contribution in [-0.4, -0.2) is 73.2 Å². The van der Waals surface area contributed by atoms with Crippen LogP contribution in [0.25, 0.3) is 11.2 Å². The molecule has 1 saturated heterocycles. The number of fused-ring (bicyclic) bond motifs is 1. The maximum Gasteiger partial charge on any atom is 0.490 e. The van der Waals surface area contributed by atoms with Crippen LogP contribution in [0.3, 0.4) is 0 Å². The summed E-state index contributed by atoms with van der Waals surface area (Å²) in [7, 11) is 1.49. The van der Waals surface area contributed by atoms with Crippen molar-refractivity contribution < 1.29 is 33.0 Å². The quantitative estimate of drug-likeness (QED) is 0.489. The number of anilines is 1. The van der Waals surface area contributed by atoms with Crippen LogP contribution in [0.2, 0.25) is 0 Å². The molecule has 3 heterocycles. The smallest absolute Gasteiger partial charge is 0.480 e. The molecule has 12 nitrogen and oxygen atoms in total. The van der Waals surface area contributed by atoms with E-state index >= 15 is 0 Å². The van der Waals surface area contributed by atoms with E-state index in [1.807, 2.05) is 4.90 Å². The molecule has 15 heteroatoms. The maximum absolute atomic E-state index is 13.1. The summed E-state index contributed by atoms with van der Waals surface area (Å²) in [5.41, 5.74) is -0.970. The molecule has 0 bridgehead atoms. The first-order valence-corrected chi connectivity index (χ1v) is 9.92. The number of alkyl halides is 3. The van der Waals surface area contributed by atoms with E-state index in [0.717, 1.165) is 17.7 Å². The highest BCUT2D eigenvalue weighted by molar-refractivity contribution is 5.76. The van der Waals surface area contributed by atoms with Crippen LogP contribution in [0, 0.1) is 11.8 Å². The summed E-state index contributed by atoms with van der Waals surface area (Å²) in [4.78, 5) is 52.6. The minimum atomic E-state index is -5.08. The summed E-state index contributed by atoms with van der Waals surface area (Å²) >= 11 is 0. The molecule has 1 atom stereocenters. The largest absolute Gasteiger partial charge is 0.490 e. The van der Waals surface area contributed by atoms with Gasteiger partial charge in [0.15, 0.2) is 11.2 Å². The van der Waals surface area contributed by atoms with Gasteiger partial charge in [-0.05, 0) is 13.8 Å². The lowest BCUT2D eigenvalue weighted by molar-refractivity contribution is -0.192. The molecule has 0 saturated carbocycles. The molecule has 0 aromatic carbocycles. The van der Waals surface area contributed by atoms with Crippen LogP contribution in [-0.2, 0) is 23.2 Å². The zero-order valence-electron chi connectivity index (χ0n) is 18.5. The van der Waals surface area contributed by atoms with E-state index in [-0.39, 0.29) is 17.7 Å². The van der Waals surface area contributed by atoms with E-state index in [4.69, 9.17) is 9.90 Å². The van der Waals surface area contributed by atoms with Gasteiger partial charge in [-0.15, -0.1) is 5.92 Å². The van der Waals surface area contributed by atoms with Crippen molar-refractivity contribution in [2.24, 2.45) is 7.05 Å². The molecule has 1 aliphatic heterocycles. The Morgan fingerprint density at radius 1 is 1.21 bits per heavy atom. The van der Waals surface area contributed by atoms with Crippen LogP contribution in [0.15, 0.2) is 9.59 Å². The Bertz CT molecular complexity index is 1260. The highest BCUT2D eigenvalue weighted by Crippen LogP contribution is 2.20. The molecule has 0 amide bonds. The van der Waals surface area contributed by atoms with Gasteiger partial charge in [-0.1, -0.05) is 5.92 Å². The number of carboxylic acid groups (broad SMARTS) is 2. The van der Waals surface area contributed by atoms with E-state index in [1.165, 1.54) is 18.5 Å². The van der Waals surface area contributed by atoms with Gasteiger partial charge in [-0.25, -0.2) is 19.0 Å². The standard InChI is InChI=1S/C17H22N6O4.C2HF3O2/c1-4-5-8-22-12-13(19-16(22)21-9-6-18-7-10-21)20(3)17(27)23(14(12)24)11(2)15(25)26;3-2(4,5)1(6)7/h11,18H,6-10H2,1-3H3,(H,25,26);(H,6,7). The first-order chi connectivity index (χ1) is 15.8. The zero-order valence-corrected chi connectivity index (χ0v) is 18.5. The Morgan fingerprint density at radius 3 is 2.24 bits per heavy atom. The van der Waals surface area contributed by atoms with Crippen molar-refractivity contribution >= 4 is 29.1 Å². The summed E-state index contributed by atoms with van der Waals surface area (Å²) in [5, 5.41) is 19.7. The van der Waals surface area contributed by atoms with Gasteiger partial charge in [0, 0.05) is 33.2 Å². The van der Waals surface area contributed by atoms with E-state index in [0.29, 0.717) is 19.0 Å². The zero-order chi connectivity index (χ0) is 25.8. The molecule has 186 valence electrons. The number of rotatable bonds is 4. The molecule has 0 aliphatic carbocycles. The Labute approximate surface area is 190 Å². The number of aryl methyl sites for hydroxylation is 1. The first-order valence-electron chi connectivity index (χ1n) is 9.92. The molecule has 2 aromatic rings. The molecular formula is C19H23F3N6O6. The molecule has 1 aliphatic rings. The second-order valence-corrected chi connectivity index (χ2v) is 7.17. The molecule has 1 fully saturated rings. The van der Waals surface area contributed by atoms with Crippen LogP contribution in [0.4, 0.5) is 19.1 Å². The summed E-state index contributed by atoms with van der Waals surface area (Å²) in [6.45, 7) is 6.20. The van der Waals surface area contributed by atoms with Crippen molar-refractivity contribution in [2.75, 3.05) is 31.1 Å². The lowest BCUT2D eigenvalue weighted by Crippen LogP contribution is -2.45. The SMILES string of the molecule is CC#CCn1c(N2CCNCC2)nc2c1c(=O)n(C(C)C(=O)O)c(=O)n2C.O=C(O)C(F)(F)F. The molecule has 1 unspecified atom stereocenters. The van der Waals surface area contributed by atoms with Crippen LogP contribution in [0.5, 0.6) is 0 Å². The number of nitrogens with one attached hydrogen (secondary N) is 1. The number of aromatic nitrogens is 4. The predicted octanol–water partition coefficient (Wildman–Crippen LogP) is -0.391. The number of carbonyl (C=O) groups is 2. The Morgan fingerprint density at radius 2 is 1.76 bits per heavy atom. The van der Waals surface area contributed by atoms with Gasteiger partial charge >= 0.3 is 23.8 Å². The fourth-order valence-corrected chi connectivity index (χ4v) is 3.19. The normalized spacial score (nSPS) is 14.6. The van der Waals surface area contributed by atoms with Crippen molar-refractivity contribution in [1.29, 1.82) is 0 Å². The third-order valence-corrected chi connectivity index (χ3v) is 4.96. The first kappa shape index (κ1) is 26.5. The summed E-state index contributed by atoms with van der Waals surface area (Å²) in [6, 6.07) is -1.29. The van der Waals surface area contributed by atoms with Gasteiger partial charge < -0.3 is 20.4 Å². The maximum atomic E-state index is 13.1. The van der Waals surface area contributed by atoms with Gasteiger partial charge in [0.2, 0.25) is 5.95 Å². The Kier molecular flexibility index (Phi) is 8.11. The second kappa shape index (κ2) is 10.4. The predicted molar refractivity (Wildman–Crippen MR) is 114 cm³/mol. The number of hydrogen-bond donors (Lipinski definition) is 3. The van der Waals surface area contributed by atoms with Crippen molar-refractivity contribution in [3.8, 4) is 11.8 Å². The average Bonchev–Trinajstić information content (AvgIpc) is 3.16. The van der Waals surface area contributed by atoms with E-state index in [1.54, 1.807) is 11.5 Å². The number of aliphatic carboxylic acids is 2. The number of halogens is 3. The monoisotopic (exact) mass is 488 g/mol. The molecule has 0 radical (unpaired) electrons. The van der Waals surface area contributed by atoms with Gasteiger partial charge in [-0.3, -0.25) is 13.9 Å². The molecule has 0 spiro atoms. The van der Waals surface area contributed by atoms with Gasteiger partial charge in [0.25, 0.3) is 5.56 Å².